The van der Waals surface area contributed by atoms with Gasteiger partial charge in [-0.3, -0.25) is 9.10 Å². The number of carbonyl (C=O) groups excluding carboxylic acids is 1. The summed E-state index contributed by atoms with van der Waals surface area (Å²) in [7, 11) is -3.59. The smallest absolute Gasteiger partial charge is 0.241 e. The van der Waals surface area contributed by atoms with E-state index in [1.807, 2.05) is 13.0 Å². The van der Waals surface area contributed by atoms with Gasteiger partial charge in [0.15, 0.2) is 0 Å². The standard InChI is InChI=1S/C21H25BrN2O3S/c1-15(17-11-10-16-6-3-4-7-18(16)12-17)23-21(25)14-24(28(2,26)27)20-9-5-8-19(22)13-20/h5,8-13,15H,3-4,6-7,14H2,1-2H3,(H,23,25). The first-order chi connectivity index (χ1) is 13.2. The Balaban J connectivity index is 1.72. The summed E-state index contributed by atoms with van der Waals surface area (Å²) < 4.78 is 26.3. The molecule has 0 radical (unpaired) electrons. The third-order valence-corrected chi connectivity index (χ3v) is 6.67. The number of rotatable bonds is 6. The average Bonchev–Trinajstić information content (AvgIpc) is 2.64. The van der Waals surface area contributed by atoms with E-state index in [2.05, 4.69) is 39.4 Å². The van der Waals surface area contributed by atoms with Crippen molar-refractivity contribution in [1.82, 2.24) is 5.32 Å². The molecular weight excluding hydrogens is 440 g/mol. The fourth-order valence-corrected chi connectivity index (χ4v) is 4.79. The number of hydrogen-bond donors (Lipinski definition) is 1. The third-order valence-electron chi connectivity index (χ3n) is 5.03. The second-order valence-corrected chi connectivity index (χ2v) is 10.1. The van der Waals surface area contributed by atoms with E-state index in [0.717, 1.165) is 33.4 Å². The highest BCUT2D eigenvalue weighted by atomic mass is 79.9. The molecule has 28 heavy (non-hydrogen) atoms. The molecule has 1 amide bonds. The molecule has 1 aliphatic rings. The van der Waals surface area contributed by atoms with Crippen LogP contribution in [0.5, 0.6) is 0 Å². The first kappa shape index (κ1) is 20.9. The molecule has 1 atom stereocenters. The number of sulfonamides is 1. The Hall–Kier alpha value is -1.86. The minimum absolute atomic E-state index is 0.191. The van der Waals surface area contributed by atoms with Gasteiger partial charge in [0.2, 0.25) is 15.9 Å². The van der Waals surface area contributed by atoms with Crippen molar-refractivity contribution in [3.8, 4) is 0 Å². The predicted octanol–water partition coefficient (Wildman–Crippen LogP) is 3.97. The molecule has 1 unspecified atom stereocenters. The summed E-state index contributed by atoms with van der Waals surface area (Å²) in [5.74, 6) is -0.337. The Kier molecular flexibility index (Phi) is 6.45. The molecule has 0 aromatic heterocycles. The molecule has 1 N–H and O–H groups in total. The molecule has 0 saturated heterocycles. The molecule has 5 nitrogen and oxygen atoms in total. The van der Waals surface area contributed by atoms with Gasteiger partial charge in [0, 0.05) is 4.47 Å². The lowest BCUT2D eigenvalue weighted by atomic mass is 9.89. The fourth-order valence-electron chi connectivity index (χ4n) is 3.55. The Morgan fingerprint density at radius 1 is 1.14 bits per heavy atom. The van der Waals surface area contributed by atoms with Crippen molar-refractivity contribution in [2.75, 3.05) is 17.1 Å². The van der Waals surface area contributed by atoms with Crippen LogP contribution in [0.1, 0.15) is 42.5 Å². The van der Waals surface area contributed by atoms with Crippen molar-refractivity contribution in [3.05, 3.63) is 63.6 Å². The third kappa shape index (κ3) is 5.14. The monoisotopic (exact) mass is 464 g/mol. The molecule has 150 valence electrons. The Morgan fingerprint density at radius 2 is 1.86 bits per heavy atom. The van der Waals surface area contributed by atoms with Gasteiger partial charge in [-0.15, -0.1) is 0 Å². The Morgan fingerprint density at radius 3 is 2.54 bits per heavy atom. The van der Waals surface area contributed by atoms with Crippen LogP contribution < -0.4 is 9.62 Å². The summed E-state index contributed by atoms with van der Waals surface area (Å²) in [4.78, 5) is 12.6. The van der Waals surface area contributed by atoms with Crippen LogP contribution in [0, 0.1) is 0 Å². The number of aryl methyl sites for hydroxylation is 2. The van der Waals surface area contributed by atoms with Crippen LogP contribution in [0.2, 0.25) is 0 Å². The van der Waals surface area contributed by atoms with Gasteiger partial charge in [0.1, 0.15) is 6.54 Å². The molecule has 0 fully saturated rings. The maximum Gasteiger partial charge on any atom is 0.241 e. The zero-order valence-electron chi connectivity index (χ0n) is 16.1. The minimum Gasteiger partial charge on any atom is -0.348 e. The van der Waals surface area contributed by atoms with Crippen LogP contribution in [0.3, 0.4) is 0 Å². The largest absolute Gasteiger partial charge is 0.348 e. The molecule has 2 aromatic carbocycles. The normalized spacial score (nSPS) is 14.8. The van der Waals surface area contributed by atoms with E-state index in [1.54, 1.807) is 18.2 Å². The van der Waals surface area contributed by atoms with Gasteiger partial charge in [0.25, 0.3) is 0 Å². The number of carbonyl (C=O) groups is 1. The van der Waals surface area contributed by atoms with E-state index in [1.165, 1.54) is 24.0 Å². The van der Waals surface area contributed by atoms with Crippen molar-refractivity contribution in [3.63, 3.8) is 0 Å². The summed E-state index contributed by atoms with van der Waals surface area (Å²) in [6, 6.07) is 13.1. The second kappa shape index (κ2) is 8.66. The molecule has 0 heterocycles. The molecule has 2 aromatic rings. The van der Waals surface area contributed by atoms with Gasteiger partial charge in [0.05, 0.1) is 18.0 Å². The lowest BCUT2D eigenvalue weighted by molar-refractivity contribution is -0.120. The quantitative estimate of drug-likeness (QED) is 0.702. The van der Waals surface area contributed by atoms with E-state index >= 15 is 0 Å². The maximum absolute atomic E-state index is 12.6. The van der Waals surface area contributed by atoms with Crippen LogP contribution >= 0.6 is 15.9 Å². The molecular formula is C21H25BrN2O3S. The number of halogens is 1. The number of fused-ring (bicyclic) bond motifs is 1. The van der Waals surface area contributed by atoms with Gasteiger partial charge < -0.3 is 5.32 Å². The first-order valence-corrected chi connectivity index (χ1v) is 12.0. The zero-order valence-corrected chi connectivity index (χ0v) is 18.5. The molecule has 1 aliphatic carbocycles. The van der Waals surface area contributed by atoms with E-state index in [0.29, 0.717) is 5.69 Å². The van der Waals surface area contributed by atoms with Crippen molar-refractivity contribution >= 4 is 37.5 Å². The highest BCUT2D eigenvalue weighted by Crippen LogP contribution is 2.25. The van der Waals surface area contributed by atoms with Crippen molar-refractivity contribution in [2.24, 2.45) is 0 Å². The zero-order chi connectivity index (χ0) is 20.3. The molecule has 0 aliphatic heterocycles. The number of anilines is 1. The van der Waals surface area contributed by atoms with Gasteiger partial charge in [-0.25, -0.2) is 8.42 Å². The summed E-state index contributed by atoms with van der Waals surface area (Å²) in [5, 5.41) is 2.93. The van der Waals surface area contributed by atoms with Gasteiger partial charge in [-0.05, 0) is 67.5 Å². The SMILES string of the molecule is CC(NC(=O)CN(c1cccc(Br)c1)S(C)(=O)=O)c1ccc2c(c1)CCCC2. The van der Waals surface area contributed by atoms with E-state index in [-0.39, 0.29) is 18.5 Å². The number of hydrogen-bond acceptors (Lipinski definition) is 3. The molecule has 3 rings (SSSR count). The first-order valence-electron chi connectivity index (χ1n) is 9.38. The maximum atomic E-state index is 12.6. The predicted molar refractivity (Wildman–Crippen MR) is 116 cm³/mol. The van der Waals surface area contributed by atoms with Crippen molar-refractivity contribution < 1.29 is 13.2 Å². The Labute approximate surface area is 175 Å². The van der Waals surface area contributed by atoms with E-state index < -0.39 is 10.0 Å². The molecule has 0 spiro atoms. The van der Waals surface area contributed by atoms with Crippen LogP contribution in [-0.2, 0) is 27.7 Å². The van der Waals surface area contributed by atoms with Crippen LogP contribution in [-0.4, -0.2) is 27.1 Å². The number of amides is 1. The summed E-state index contributed by atoms with van der Waals surface area (Å²) in [6.45, 7) is 1.66. The highest BCUT2D eigenvalue weighted by molar-refractivity contribution is 9.10. The minimum atomic E-state index is -3.59. The fraction of sp³-hybridized carbons (Fsp3) is 0.381. The van der Waals surface area contributed by atoms with Crippen molar-refractivity contribution in [2.45, 2.75) is 38.6 Å². The van der Waals surface area contributed by atoms with Gasteiger partial charge in [-0.1, -0.05) is 40.2 Å². The van der Waals surface area contributed by atoms with Crippen LogP contribution in [0.4, 0.5) is 5.69 Å². The summed E-state index contributed by atoms with van der Waals surface area (Å²) in [5.41, 5.74) is 4.25. The van der Waals surface area contributed by atoms with Crippen LogP contribution in [0.15, 0.2) is 46.9 Å². The van der Waals surface area contributed by atoms with E-state index in [9.17, 15) is 13.2 Å². The Bertz CT molecular complexity index is 975. The molecule has 0 bridgehead atoms. The van der Waals surface area contributed by atoms with Gasteiger partial charge in [-0.2, -0.15) is 0 Å². The molecule has 0 saturated carbocycles. The lowest BCUT2D eigenvalue weighted by Crippen LogP contribution is -2.41. The summed E-state index contributed by atoms with van der Waals surface area (Å²) >= 11 is 3.34. The highest BCUT2D eigenvalue weighted by Gasteiger charge is 2.22. The number of nitrogens with zero attached hydrogens (tertiary/aromatic N) is 1. The number of nitrogens with one attached hydrogen (secondary N) is 1. The average molecular weight is 465 g/mol. The van der Waals surface area contributed by atoms with Crippen LogP contribution in [0.25, 0.3) is 0 Å². The second-order valence-electron chi connectivity index (χ2n) is 7.27. The van der Waals surface area contributed by atoms with Crippen molar-refractivity contribution in [1.29, 1.82) is 0 Å². The summed E-state index contributed by atoms with van der Waals surface area (Å²) in [6.07, 6.45) is 5.73. The van der Waals surface area contributed by atoms with E-state index in [4.69, 9.17) is 0 Å². The topological polar surface area (TPSA) is 66.5 Å². The van der Waals surface area contributed by atoms with Gasteiger partial charge >= 0.3 is 0 Å². The lowest BCUT2D eigenvalue weighted by Gasteiger charge is -2.24. The number of benzene rings is 2. The molecule has 7 heteroatoms.